The third kappa shape index (κ3) is 1.89. The molecule has 1 unspecified atom stereocenters. The van der Waals surface area contributed by atoms with E-state index >= 15 is 0 Å². The molecule has 2 aromatic rings. The Hall–Kier alpha value is -1.78. The second-order valence-corrected chi connectivity index (χ2v) is 4.82. The molecule has 0 amide bonds. The fourth-order valence-electron chi connectivity index (χ4n) is 2.65. The fraction of sp³-hybridized carbons (Fsp3) is 0.538. The van der Waals surface area contributed by atoms with Gasteiger partial charge in [0.1, 0.15) is 5.82 Å². The Bertz CT molecular complexity index is 539. The Labute approximate surface area is 107 Å². The Kier molecular flexibility index (Phi) is 2.81. The van der Waals surface area contributed by atoms with Crippen LogP contribution in [0.15, 0.2) is 18.5 Å². The molecule has 1 atom stereocenters. The highest BCUT2D eigenvalue weighted by Gasteiger charge is 2.23. The topological polar surface area (TPSA) is 47.7 Å². The minimum Gasteiger partial charge on any atom is -0.362 e. The van der Waals surface area contributed by atoms with Gasteiger partial charge in [0.2, 0.25) is 0 Å². The summed E-state index contributed by atoms with van der Waals surface area (Å²) in [7, 11) is 2.02. The number of rotatable bonds is 3. The van der Waals surface area contributed by atoms with Crippen molar-refractivity contribution in [3.63, 3.8) is 0 Å². The van der Waals surface area contributed by atoms with Gasteiger partial charge in [0.05, 0.1) is 12.2 Å². The zero-order chi connectivity index (χ0) is 12.5. The summed E-state index contributed by atoms with van der Waals surface area (Å²) < 4.78 is 3.93. The third-order valence-electron chi connectivity index (χ3n) is 3.66. The van der Waals surface area contributed by atoms with Crippen LogP contribution in [0.25, 0.3) is 0 Å². The average molecular weight is 245 g/mol. The molecule has 2 heterocycles. The highest BCUT2D eigenvalue weighted by atomic mass is 15.3. The molecule has 2 aromatic heterocycles. The predicted molar refractivity (Wildman–Crippen MR) is 70.4 cm³/mol. The van der Waals surface area contributed by atoms with Crippen LogP contribution in [0.2, 0.25) is 0 Å². The minimum atomic E-state index is 0.350. The molecule has 1 aliphatic carbocycles. The maximum absolute atomic E-state index is 4.48. The summed E-state index contributed by atoms with van der Waals surface area (Å²) in [6, 6.07) is 2.39. The van der Waals surface area contributed by atoms with Crippen molar-refractivity contribution in [1.29, 1.82) is 0 Å². The van der Waals surface area contributed by atoms with Crippen molar-refractivity contribution in [2.45, 2.75) is 38.8 Å². The lowest BCUT2D eigenvalue weighted by molar-refractivity contribution is 0.568. The van der Waals surface area contributed by atoms with Gasteiger partial charge in [0.25, 0.3) is 0 Å². The van der Waals surface area contributed by atoms with E-state index in [1.807, 2.05) is 34.9 Å². The van der Waals surface area contributed by atoms with E-state index in [1.54, 1.807) is 0 Å². The summed E-state index contributed by atoms with van der Waals surface area (Å²) in [6.07, 6.45) is 7.49. The Balaban J connectivity index is 1.81. The van der Waals surface area contributed by atoms with Gasteiger partial charge in [0.15, 0.2) is 0 Å². The molecule has 0 bridgehead atoms. The van der Waals surface area contributed by atoms with Crippen molar-refractivity contribution in [2.24, 2.45) is 7.05 Å². The molecule has 96 valence electrons. The SMILES string of the molecule is CCn1ccc(NC2CCCc3c2cnn3C)n1. The van der Waals surface area contributed by atoms with Gasteiger partial charge in [0, 0.05) is 37.1 Å². The second-order valence-electron chi connectivity index (χ2n) is 4.82. The van der Waals surface area contributed by atoms with Crippen LogP contribution in [0.4, 0.5) is 5.82 Å². The van der Waals surface area contributed by atoms with E-state index in [0.29, 0.717) is 6.04 Å². The van der Waals surface area contributed by atoms with Gasteiger partial charge in [-0.2, -0.15) is 10.2 Å². The van der Waals surface area contributed by atoms with Crippen molar-refractivity contribution in [3.05, 3.63) is 29.7 Å². The molecule has 0 saturated heterocycles. The van der Waals surface area contributed by atoms with Gasteiger partial charge in [-0.25, -0.2) is 0 Å². The second kappa shape index (κ2) is 4.48. The van der Waals surface area contributed by atoms with Crippen LogP contribution in [0, 0.1) is 0 Å². The Morgan fingerprint density at radius 1 is 1.50 bits per heavy atom. The van der Waals surface area contributed by atoms with Crippen molar-refractivity contribution < 1.29 is 0 Å². The van der Waals surface area contributed by atoms with Crippen LogP contribution in [-0.2, 0) is 20.0 Å². The predicted octanol–water partition coefficient (Wildman–Crippen LogP) is 2.13. The van der Waals surface area contributed by atoms with Crippen LogP contribution in [0.5, 0.6) is 0 Å². The van der Waals surface area contributed by atoms with Crippen LogP contribution in [0.1, 0.15) is 37.1 Å². The number of hydrogen-bond acceptors (Lipinski definition) is 3. The van der Waals surface area contributed by atoms with Crippen LogP contribution >= 0.6 is 0 Å². The van der Waals surface area contributed by atoms with Crippen molar-refractivity contribution in [2.75, 3.05) is 5.32 Å². The van der Waals surface area contributed by atoms with Crippen LogP contribution in [0.3, 0.4) is 0 Å². The largest absolute Gasteiger partial charge is 0.362 e. The molecule has 1 N–H and O–H groups in total. The van der Waals surface area contributed by atoms with E-state index in [2.05, 4.69) is 22.4 Å². The van der Waals surface area contributed by atoms with Crippen molar-refractivity contribution in [1.82, 2.24) is 19.6 Å². The van der Waals surface area contributed by atoms with E-state index in [0.717, 1.165) is 25.2 Å². The van der Waals surface area contributed by atoms with Gasteiger partial charge in [-0.15, -0.1) is 0 Å². The summed E-state index contributed by atoms with van der Waals surface area (Å²) in [4.78, 5) is 0. The molecule has 0 saturated carbocycles. The summed E-state index contributed by atoms with van der Waals surface area (Å²) >= 11 is 0. The highest BCUT2D eigenvalue weighted by molar-refractivity contribution is 5.39. The van der Waals surface area contributed by atoms with Gasteiger partial charge >= 0.3 is 0 Å². The van der Waals surface area contributed by atoms with Gasteiger partial charge < -0.3 is 5.32 Å². The minimum absolute atomic E-state index is 0.350. The number of nitrogens with zero attached hydrogens (tertiary/aromatic N) is 4. The van der Waals surface area contributed by atoms with E-state index in [1.165, 1.54) is 17.7 Å². The summed E-state index contributed by atoms with van der Waals surface area (Å²) in [6.45, 7) is 3.00. The van der Waals surface area contributed by atoms with Crippen molar-refractivity contribution >= 4 is 5.82 Å². The summed E-state index contributed by atoms with van der Waals surface area (Å²) in [5, 5.41) is 12.4. The van der Waals surface area contributed by atoms with Crippen molar-refractivity contribution in [3.8, 4) is 0 Å². The number of aromatic nitrogens is 4. The molecule has 18 heavy (non-hydrogen) atoms. The molecule has 0 radical (unpaired) electrons. The number of anilines is 1. The quantitative estimate of drug-likeness (QED) is 0.901. The number of fused-ring (bicyclic) bond motifs is 1. The maximum atomic E-state index is 4.48. The average Bonchev–Trinajstić information content (AvgIpc) is 2.98. The maximum Gasteiger partial charge on any atom is 0.148 e. The van der Waals surface area contributed by atoms with E-state index in [-0.39, 0.29) is 0 Å². The smallest absolute Gasteiger partial charge is 0.148 e. The molecule has 3 rings (SSSR count). The standard InChI is InChI=1S/C13H19N5/c1-3-18-8-7-13(16-18)15-11-5-4-6-12-10(11)9-14-17(12)2/h7-9,11H,3-6H2,1-2H3,(H,15,16). The highest BCUT2D eigenvalue weighted by Crippen LogP contribution is 2.31. The van der Waals surface area contributed by atoms with Gasteiger partial charge in [-0.1, -0.05) is 0 Å². The number of hydrogen-bond donors (Lipinski definition) is 1. The third-order valence-corrected chi connectivity index (χ3v) is 3.66. The van der Waals surface area contributed by atoms with Crippen LogP contribution < -0.4 is 5.32 Å². The lowest BCUT2D eigenvalue weighted by Crippen LogP contribution is -2.18. The molecule has 5 nitrogen and oxygen atoms in total. The molecule has 5 heteroatoms. The van der Waals surface area contributed by atoms with E-state index in [4.69, 9.17) is 0 Å². The molecule has 0 fully saturated rings. The molecule has 0 spiro atoms. The fourth-order valence-corrected chi connectivity index (χ4v) is 2.65. The number of aryl methyl sites for hydroxylation is 2. The summed E-state index contributed by atoms with van der Waals surface area (Å²) in [5.41, 5.74) is 2.68. The van der Waals surface area contributed by atoms with Crippen LogP contribution in [-0.4, -0.2) is 19.6 Å². The van der Waals surface area contributed by atoms with E-state index in [9.17, 15) is 0 Å². The molecule has 1 aliphatic rings. The first kappa shape index (κ1) is 11.3. The normalized spacial score (nSPS) is 18.7. The monoisotopic (exact) mass is 245 g/mol. The Morgan fingerprint density at radius 3 is 3.17 bits per heavy atom. The Morgan fingerprint density at radius 2 is 2.39 bits per heavy atom. The zero-order valence-electron chi connectivity index (χ0n) is 10.9. The van der Waals surface area contributed by atoms with E-state index < -0.39 is 0 Å². The lowest BCUT2D eigenvalue weighted by Gasteiger charge is -2.23. The molecule has 0 aromatic carbocycles. The lowest BCUT2D eigenvalue weighted by atomic mass is 9.93. The molecule has 0 aliphatic heterocycles. The number of nitrogens with one attached hydrogen (secondary N) is 1. The first-order valence-electron chi connectivity index (χ1n) is 6.58. The van der Waals surface area contributed by atoms with Gasteiger partial charge in [-0.05, 0) is 26.2 Å². The first-order valence-corrected chi connectivity index (χ1v) is 6.58. The molecular weight excluding hydrogens is 226 g/mol. The molecular formula is C13H19N5. The van der Waals surface area contributed by atoms with Gasteiger partial charge in [-0.3, -0.25) is 9.36 Å². The first-order chi connectivity index (χ1) is 8.78. The summed E-state index contributed by atoms with van der Waals surface area (Å²) in [5.74, 6) is 0.957. The zero-order valence-corrected chi connectivity index (χ0v) is 10.9.